The number of alkyl halides is 2. The minimum atomic E-state index is -3.12. The first-order valence-corrected chi connectivity index (χ1v) is 12.2. The van der Waals surface area contributed by atoms with Gasteiger partial charge in [0.25, 0.3) is 5.91 Å². The second-order valence-electron chi connectivity index (χ2n) is 10.2. The van der Waals surface area contributed by atoms with Crippen molar-refractivity contribution in [1.82, 2.24) is 19.4 Å². The van der Waals surface area contributed by atoms with Gasteiger partial charge in [0.05, 0.1) is 34.3 Å². The molecule has 2 bridgehead atoms. The molecule has 7 rings (SSSR count). The predicted molar refractivity (Wildman–Crippen MR) is 133 cm³/mol. The molecule has 3 atom stereocenters. The number of rotatable bonds is 3. The SMILES string of the molecule is [2H]C([2H])([2H])N1C(=O)c2cccc(OC(F)F)c2[C@H]2C[C@@H]1c1nc3ccc(-c4cnc5c(c4)CCC5(C)N)cc3n12. The van der Waals surface area contributed by atoms with Gasteiger partial charge in [0.2, 0.25) is 0 Å². The van der Waals surface area contributed by atoms with Gasteiger partial charge in [-0.05, 0) is 61.2 Å². The van der Waals surface area contributed by atoms with E-state index >= 15 is 0 Å². The van der Waals surface area contributed by atoms with Gasteiger partial charge in [-0.15, -0.1) is 0 Å². The average molecular weight is 505 g/mol. The number of halogens is 2. The molecule has 188 valence electrons. The van der Waals surface area contributed by atoms with Crippen LogP contribution in [0.3, 0.4) is 0 Å². The maximum Gasteiger partial charge on any atom is 0.387 e. The fourth-order valence-electron chi connectivity index (χ4n) is 6.17. The molecule has 1 aliphatic carbocycles. The summed E-state index contributed by atoms with van der Waals surface area (Å²) in [7, 11) is 0. The lowest BCUT2D eigenvalue weighted by molar-refractivity contribution is -0.0507. The molecule has 2 aliphatic heterocycles. The molecule has 1 amide bonds. The lowest BCUT2D eigenvalue weighted by Gasteiger charge is -2.24. The Labute approximate surface area is 216 Å². The van der Waals surface area contributed by atoms with E-state index in [0.29, 0.717) is 16.9 Å². The summed E-state index contributed by atoms with van der Waals surface area (Å²) in [5.74, 6) is -0.530. The van der Waals surface area contributed by atoms with Gasteiger partial charge in [-0.25, -0.2) is 4.98 Å². The van der Waals surface area contributed by atoms with Crippen molar-refractivity contribution >= 4 is 16.9 Å². The molecule has 4 heterocycles. The van der Waals surface area contributed by atoms with Crippen LogP contribution >= 0.6 is 0 Å². The zero-order chi connectivity index (χ0) is 28.1. The highest BCUT2D eigenvalue weighted by Crippen LogP contribution is 2.50. The van der Waals surface area contributed by atoms with Crippen molar-refractivity contribution in [3.8, 4) is 16.9 Å². The lowest BCUT2D eigenvalue weighted by Crippen LogP contribution is -2.30. The van der Waals surface area contributed by atoms with Gasteiger partial charge >= 0.3 is 6.61 Å². The van der Waals surface area contributed by atoms with E-state index in [-0.39, 0.29) is 23.3 Å². The largest absolute Gasteiger partial charge is 0.434 e. The highest BCUT2D eigenvalue weighted by molar-refractivity contribution is 5.98. The molecule has 2 aromatic heterocycles. The molecule has 2 aromatic carbocycles. The van der Waals surface area contributed by atoms with Crippen molar-refractivity contribution in [3.63, 3.8) is 0 Å². The summed E-state index contributed by atoms with van der Waals surface area (Å²) in [5, 5.41) is 0. The van der Waals surface area contributed by atoms with Gasteiger partial charge in [0.1, 0.15) is 11.6 Å². The van der Waals surface area contributed by atoms with Crippen LogP contribution in [0.5, 0.6) is 5.75 Å². The molecule has 2 N–H and O–H groups in total. The van der Waals surface area contributed by atoms with Crippen molar-refractivity contribution in [2.45, 2.75) is 50.4 Å². The van der Waals surface area contributed by atoms with Crippen molar-refractivity contribution < 1.29 is 22.4 Å². The van der Waals surface area contributed by atoms with Gasteiger partial charge < -0.3 is 19.9 Å². The molecule has 0 saturated carbocycles. The predicted octanol–water partition coefficient (Wildman–Crippen LogP) is 4.94. The number of carbonyl (C=O) groups is 1. The highest BCUT2D eigenvalue weighted by atomic mass is 19.3. The molecule has 0 fully saturated rings. The van der Waals surface area contributed by atoms with E-state index in [0.717, 1.165) is 40.1 Å². The maximum absolute atomic E-state index is 13.6. The second-order valence-corrected chi connectivity index (χ2v) is 10.2. The van der Waals surface area contributed by atoms with E-state index in [1.54, 1.807) is 6.20 Å². The number of benzene rings is 2. The third-order valence-electron chi connectivity index (χ3n) is 7.90. The smallest absolute Gasteiger partial charge is 0.387 e. The molecule has 9 heteroatoms. The summed E-state index contributed by atoms with van der Waals surface area (Å²) < 4.78 is 58.0. The molecular weight excluding hydrogens is 476 g/mol. The van der Waals surface area contributed by atoms with Crippen LogP contribution in [0.25, 0.3) is 22.2 Å². The van der Waals surface area contributed by atoms with Crippen molar-refractivity contribution in [3.05, 3.63) is 76.9 Å². The second kappa shape index (κ2) is 7.58. The van der Waals surface area contributed by atoms with E-state index in [2.05, 4.69) is 11.1 Å². The number of nitrogens with two attached hydrogens (primary N) is 1. The first kappa shape index (κ1) is 19.3. The normalized spacial score (nSPS) is 25.4. The van der Waals surface area contributed by atoms with Gasteiger partial charge in [-0.3, -0.25) is 9.78 Å². The Morgan fingerprint density at radius 1 is 1.22 bits per heavy atom. The standard InChI is InChI=1S/C28H25F2N5O2/c1-28(31)9-8-15-10-16(13-32-24(15)28)14-6-7-18-19(11-14)35-20-12-21(25(35)33-18)34(2)26(36)17-4-3-5-22(23(17)20)37-27(29)30/h3-7,10-11,13,20-21,27H,8-9,12,31H2,1-2H3/t20-,21-,28?/m1/s1/i2D3. The number of aromatic nitrogens is 3. The third-order valence-corrected chi connectivity index (χ3v) is 7.90. The molecule has 4 aromatic rings. The van der Waals surface area contributed by atoms with E-state index in [1.807, 2.05) is 29.7 Å². The first-order valence-electron chi connectivity index (χ1n) is 13.7. The Balaban J connectivity index is 1.43. The number of fused-ring (bicyclic) bond motifs is 10. The van der Waals surface area contributed by atoms with Gasteiger partial charge in [-0.2, -0.15) is 8.78 Å². The summed E-state index contributed by atoms with van der Waals surface area (Å²) in [5.41, 5.74) is 11.3. The van der Waals surface area contributed by atoms with Gasteiger partial charge in [-0.1, -0.05) is 12.1 Å². The van der Waals surface area contributed by atoms with E-state index in [4.69, 9.17) is 19.6 Å². The molecule has 7 nitrogen and oxygen atoms in total. The van der Waals surface area contributed by atoms with Gasteiger partial charge in [0, 0.05) is 40.4 Å². The Morgan fingerprint density at radius 2 is 2.08 bits per heavy atom. The molecule has 3 aliphatic rings. The van der Waals surface area contributed by atoms with Gasteiger partial charge in [0.15, 0.2) is 0 Å². The Kier molecular flexibility index (Phi) is 3.95. The van der Waals surface area contributed by atoms with Crippen LogP contribution in [0.1, 0.15) is 69.0 Å². The van der Waals surface area contributed by atoms with Crippen LogP contribution in [0.4, 0.5) is 8.78 Å². The summed E-state index contributed by atoms with van der Waals surface area (Å²) in [6.07, 6.45) is 3.61. The van der Waals surface area contributed by atoms with Crippen LogP contribution in [0, 0.1) is 0 Å². The minimum Gasteiger partial charge on any atom is -0.434 e. The first-order chi connectivity index (χ1) is 18.9. The van der Waals surface area contributed by atoms with Crippen LogP contribution in [0.2, 0.25) is 0 Å². The zero-order valence-corrected chi connectivity index (χ0v) is 19.9. The zero-order valence-electron chi connectivity index (χ0n) is 22.9. The number of ether oxygens (including phenoxy) is 1. The van der Waals surface area contributed by atoms with Crippen LogP contribution in [0.15, 0.2) is 48.7 Å². The molecular formula is C28H25F2N5O2. The summed E-state index contributed by atoms with van der Waals surface area (Å²) in [6, 6.07) is 10.5. The van der Waals surface area contributed by atoms with Crippen molar-refractivity contribution in [2.75, 3.05) is 6.98 Å². The van der Waals surface area contributed by atoms with Crippen molar-refractivity contribution in [2.24, 2.45) is 5.73 Å². The fraction of sp³-hybridized carbons (Fsp3) is 0.321. The summed E-state index contributed by atoms with van der Waals surface area (Å²) in [4.78, 5) is 23.8. The summed E-state index contributed by atoms with van der Waals surface area (Å²) >= 11 is 0. The molecule has 37 heavy (non-hydrogen) atoms. The number of nitrogens with zero attached hydrogens (tertiary/aromatic N) is 4. The van der Waals surface area contributed by atoms with Crippen LogP contribution < -0.4 is 10.5 Å². The molecule has 0 saturated heterocycles. The minimum absolute atomic E-state index is 0.0260. The number of carbonyl (C=O) groups excluding carboxylic acids is 1. The number of amides is 1. The highest BCUT2D eigenvalue weighted by Gasteiger charge is 2.45. The van der Waals surface area contributed by atoms with E-state index in [1.165, 1.54) is 18.2 Å². The Bertz CT molecular complexity index is 1720. The van der Waals surface area contributed by atoms with Crippen LogP contribution in [-0.2, 0) is 12.0 Å². The monoisotopic (exact) mass is 504 g/mol. The van der Waals surface area contributed by atoms with E-state index in [9.17, 15) is 13.6 Å². The summed E-state index contributed by atoms with van der Waals surface area (Å²) in [6.45, 7) is -3.92. The number of aryl methyl sites for hydroxylation is 1. The molecule has 0 spiro atoms. The lowest BCUT2D eigenvalue weighted by atomic mass is 9.97. The number of hydrogen-bond acceptors (Lipinski definition) is 5. The quantitative estimate of drug-likeness (QED) is 0.427. The maximum atomic E-state index is 13.6. The Hall–Kier alpha value is -3.85. The third kappa shape index (κ3) is 3.16. The van der Waals surface area contributed by atoms with E-state index < -0.39 is 37.1 Å². The van der Waals surface area contributed by atoms with Crippen LogP contribution in [-0.4, -0.2) is 38.9 Å². The molecule has 1 unspecified atom stereocenters. The fourth-order valence-corrected chi connectivity index (χ4v) is 6.17. The Morgan fingerprint density at radius 3 is 2.89 bits per heavy atom. The number of hydrogen-bond donors (Lipinski definition) is 1. The van der Waals surface area contributed by atoms with Crippen molar-refractivity contribution in [1.29, 1.82) is 0 Å². The number of imidazole rings is 1. The average Bonchev–Trinajstić information content (AvgIpc) is 3.49. The topological polar surface area (TPSA) is 86.3 Å². The number of pyridine rings is 1. The molecule has 0 radical (unpaired) electrons.